The van der Waals surface area contributed by atoms with Crippen LogP contribution in [0, 0.1) is 5.82 Å². The summed E-state index contributed by atoms with van der Waals surface area (Å²) in [6.07, 6.45) is 0.690. The van der Waals surface area contributed by atoms with Crippen LogP contribution in [-0.2, 0) is 6.42 Å². The zero-order valence-corrected chi connectivity index (χ0v) is 12.2. The van der Waals surface area contributed by atoms with Gasteiger partial charge >= 0.3 is 0 Å². The predicted octanol–water partition coefficient (Wildman–Crippen LogP) is 4.35. The molecule has 0 N–H and O–H groups in total. The van der Waals surface area contributed by atoms with E-state index in [4.69, 9.17) is 11.6 Å². The Kier molecular flexibility index (Phi) is 3.52. The molecule has 0 fully saturated rings. The lowest BCUT2D eigenvalue weighted by Crippen LogP contribution is -2.22. The molecule has 0 aliphatic carbocycles. The van der Waals surface area contributed by atoms with Crippen LogP contribution in [0.1, 0.15) is 12.6 Å². The lowest BCUT2D eigenvalue weighted by Gasteiger charge is -2.13. The molecule has 2 aromatic carbocycles. The number of benzene rings is 2. The molecule has 0 radical (unpaired) electrons. The van der Waals surface area contributed by atoms with Crippen molar-refractivity contribution in [2.45, 2.75) is 13.3 Å². The van der Waals surface area contributed by atoms with E-state index in [1.807, 2.05) is 19.1 Å². The average molecular weight is 302 g/mol. The Hall–Kier alpha value is -2.13. The van der Waals surface area contributed by atoms with E-state index in [-0.39, 0.29) is 5.56 Å². The number of pyridine rings is 1. The van der Waals surface area contributed by atoms with Crippen LogP contribution in [-0.4, -0.2) is 4.57 Å². The summed E-state index contributed by atoms with van der Waals surface area (Å²) in [6.45, 7) is 1.98. The fourth-order valence-electron chi connectivity index (χ4n) is 2.49. The SMILES string of the molecule is CCc1cc2ccc(F)cc2c(=O)n1-c1cccc(Cl)c1. The monoisotopic (exact) mass is 301 g/mol. The quantitative estimate of drug-likeness (QED) is 0.690. The summed E-state index contributed by atoms with van der Waals surface area (Å²) in [6, 6.07) is 13.3. The zero-order chi connectivity index (χ0) is 15.0. The molecular formula is C17H13ClFNO. The van der Waals surface area contributed by atoms with Crippen molar-refractivity contribution in [1.29, 1.82) is 0 Å². The summed E-state index contributed by atoms with van der Waals surface area (Å²) in [4.78, 5) is 12.7. The molecule has 0 unspecified atom stereocenters. The van der Waals surface area contributed by atoms with E-state index >= 15 is 0 Å². The Morgan fingerprint density at radius 1 is 1.14 bits per heavy atom. The lowest BCUT2D eigenvalue weighted by atomic mass is 10.1. The van der Waals surface area contributed by atoms with Crippen LogP contribution in [0.15, 0.2) is 53.3 Å². The molecule has 4 heteroatoms. The van der Waals surface area contributed by atoms with Crippen LogP contribution in [0.4, 0.5) is 4.39 Å². The number of halogens is 2. The molecule has 0 saturated carbocycles. The number of aromatic nitrogens is 1. The first-order chi connectivity index (χ1) is 10.1. The highest BCUT2D eigenvalue weighted by Gasteiger charge is 2.11. The van der Waals surface area contributed by atoms with Gasteiger partial charge in [0.05, 0.1) is 11.1 Å². The molecule has 106 valence electrons. The zero-order valence-electron chi connectivity index (χ0n) is 11.4. The van der Waals surface area contributed by atoms with E-state index in [2.05, 4.69) is 0 Å². The van der Waals surface area contributed by atoms with Gasteiger partial charge in [-0.1, -0.05) is 30.7 Å². The van der Waals surface area contributed by atoms with Crippen molar-refractivity contribution in [2.75, 3.05) is 0 Å². The van der Waals surface area contributed by atoms with Crippen molar-refractivity contribution in [2.24, 2.45) is 0 Å². The smallest absolute Gasteiger partial charge is 0.263 e. The fraction of sp³-hybridized carbons (Fsp3) is 0.118. The van der Waals surface area contributed by atoms with Gasteiger partial charge in [0, 0.05) is 10.7 Å². The van der Waals surface area contributed by atoms with E-state index in [0.717, 1.165) is 11.1 Å². The topological polar surface area (TPSA) is 22.0 Å². The molecule has 0 aliphatic heterocycles. The minimum atomic E-state index is -0.415. The van der Waals surface area contributed by atoms with Gasteiger partial charge in [-0.15, -0.1) is 0 Å². The van der Waals surface area contributed by atoms with Crippen molar-refractivity contribution in [3.8, 4) is 5.69 Å². The van der Waals surface area contributed by atoms with Crippen LogP contribution < -0.4 is 5.56 Å². The standard InChI is InChI=1S/C17H13ClFNO/c1-2-14-8-11-6-7-13(19)10-16(11)17(21)20(14)15-5-3-4-12(18)9-15/h3-10H,2H2,1H3. The van der Waals surface area contributed by atoms with E-state index < -0.39 is 5.82 Å². The van der Waals surface area contributed by atoms with Gasteiger partial charge in [0.2, 0.25) is 0 Å². The van der Waals surface area contributed by atoms with Crippen LogP contribution in [0.25, 0.3) is 16.5 Å². The van der Waals surface area contributed by atoms with Crippen LogP contribution in [0.5, 0.6) is 0 Å². The molecule has 1 heterocycles. The summed E-state index contributed by atoms with van der Waals surface area (Å²) >= 11 is 6.01. The molecule has 21 heavy (non-hydrogen) atoms. The average Bonchev–Trinajstić information content (AvgIpc) is 2.47. The van der Waals surface area contributed by atoms with Gasteiger partial charge < -0.3 is 0 Å². The second-order valence-corrected chi connectivity index (χ2v) is 5.28. The third-order valence-corrected chi connectivity index (χ3v) is 3.72. The molecular weight excluding hydrogens is 289 g/mol. The van der Waals surface area contributed by atoms with Crippen molar-refractivity contribution in [3.05, 3.63) is 75.4 Å². The molecule has 2 nitrogen and oxygen atoms in total. The van der Waals surface area contributed by atoms with Gasteiger partial charge in [-0.3, -0.25) is 9.36 Å². The Morgan fingerprint density at radius 2 is 1.95 bits per heavy atom. The van der Waals surface area contributed by atoms with Gasteiger partial charge in [0.1, 0.15) is 5.82 Å². The van der Waals surface area contributed by atoms with Gasteiger partial charge in [0.25, 0.3) is 5.56 Å². The molecule has 0 amide bonds. The first kappa shape index (κ1) is 13.8. The van der Waals surface area contributed by atoms with E-state index in [1.165, 1.54) is 12.1 Å². The second-order valence-electron chi connectivity index (χ2n) is 4.84. The molecule has 0 atom stereocenters. The maximum atomic E-state index is 13.4. The molecule has 0 bridgehead atoms. The first-order valence-electron chi connectivity index (χ1n) is 6.70. The predicted molar refractivity (Wildman–Crippen MR) is 83.9 cm³/mol. The summed E-state index contributed by atoms with van der Waals surface area (Å²) in [5.41, 5.74) is 1.32. The summed E-state index contributed by atoms with van der Waals surface area (Å²) in [5, 5.41) is 1.67. The van der Waals surface area contributed by atoms with Gasteiger partial charge in [-0.05, 0) is 48.2 Å². The van der Waals surface area contributed by atoms with Crippen LogP contribution in [0.3, 0.4) is 0 Å². The van der Waals surface area contributed by atoms with Gasteiger partial charge in [-0.25, -0.2) is 4.39 Å². The molecule has 3 rings (SSSR count). The number of aryl methyl sites for hydroxylation is 1. The van der Waals surface area contributed by atoms with E-state index in [1.54, 1.807) is 28.8 Å². The van der Waals surface area contributed by atoms with E-state index in [9.17, 15) is 9.18 Å². The molecule has 1 aromatic heterocycles. The minimum absolute atomic E-state index is 0.230. The molecule has 0 saturated heterocycles. The Bertz CT molecular complexity index is 886. The third kappa shape index (κ3) is 2.45. The van der Waals surface area contributed by atoms with Crippen molar-refractivity contribution in [3.63, 3.8) is 0 Å². The van der Waals surface area contributed by atoms with Gasteiger partial charge in [0.15, 0.2) is 0 Å². The maximum Gasteiger partial charge on any atom is 0.263 e. The second kappa shape index (κ2) is 5.34. The van der Waals surface area contributed by atoms with Crippen molar-refractivity contribution >= 4 is 22.4 Å². The minimum Gasteiger partial charge on any atom is -0.281 e. The highest BCUT2D eigenvalue weighted by molar-refractivity contribution is 6.30. The largest absolute Gasteiger partial charge is 0.281 e. The molecule has 0 aliphatic rings. The highest BCUT2D eigenvalue weighted by atomic mass is 35.5. The normalized spacial score (nSPS) is 11.0. The third-order valence-electron chi connectivity index (χ3n) is 3.49. The number of hydrogen-bond donors (Lipinski definition) is 0. The van der Waals surface area contributed by atoms with Crippen LogP contribution in [0.2, 0.25) is 5.02 Å². The number of rotatable bonds is 2. The van der Waals surface area contributed by atoms with Gasteiger partial charge in [-0.2, -0.15) is 0 Å². The fourth-order valence-corrected chi connectivity index (χ4v) is 2.68. The Labute approximate surface area is 126 Å². The summed E-state index contributed by atoms with van der Waals surface area (Å²) in [5.74, 6) is -0.415. The molecule has 3 aromatic rings. The van der Waals surface area contributed by atoms with Crippen molar-refractivity contribution < 1.29 is 4.39 Å². The van der Waals surface area contributed by atoms with Crippen LogP contribution >= 0.6 is 11.6 Å². The van der Waals surface area contributed by atoms with Crippen molar-refractivity contribution in [1.82, 2.24) is 4.57 Å². The number of fused-ring (bicyclic) bond motifs is 1. The maximum absolute atomic E-state index is 13.4. The Balaban J connectivity index is 2.40. The first-order valence-corrected chi connectivity index (χ1v) is 7.08. The summed E-state index contributed by atoms with van der Waals surface area (Å²) in [7, 11) is 0. The lowest BCUT2D eigenvalue weighted by molar-refractivity contribution is 0.629. The number of nitrogens with zero attached hydrogens (tertiary/aromatic N) is 1. The highest BCUT2D eigenvalue weighted by Crippen LogP contribution is 2.19. The Morgan fingerprint density at radius 3 is 2.67 bits per heavy atom. The molecule has 0 spiro atoms. The van der Waals surface area contributed by atoms with E-state index in [0.29, 0.717) is 22.5 Å². The summed E-state index contributed by atoms with van der Waals surface area (Å²) < 4.78 is 15.0. The number of hydrogen-bond acceptors (Lipinski definition) is 1.